The van der Waals surface area contributed by atoms with Gasteiger partial charge in [-0.25, -0.2) is 0 Å². The van der Waals surface area contributed by atoms with Crippen molar-refractivity contribution in [2.24, 2.45) is 0 Å². The van der Waals surface area contributed by atoms with Crippen molar-refractivity contribution >= 4 is 33.7 Å². The Morgan fingerprint density at radius 2 is 1.67 bits per heavy atom. The molecule has 0 saturated carbocycles. The first kappa shape index (κ1) is 17.8. The smallest absolute Gasteiger partial charge is 0.259 e. The van der Waals surface area contributed by atoms with E-state index in [0.29, 0.717) is 19.8 Å². The van der Waals surface area contributed by atoms with Crippen LogP contribution in [0.3, 0.4) is 0 Å². The summed E-state index contributed by atoms with van der Waals surface area (Å²) in [4.78, 5) is 24.9. The maximum absolute atomic E-state index is 11.6. The summed E-state index contributed by atoms with van der Waals surface area (Å²) in [5.74, 6) is 0.371. The van der Waals surface area contributed by atoms with E-state index in [4.69, 9.17) is 32.7 Å². The summed E-state index contributed by atoms with van der Waals surface area (Å²) in [6.45, 7) is 3.03. The first-order chi connectivity index (χ1) is 9.86. The lowest BCUT2D eigenvalue weighted by Gasteiger charge is -2.16. The van der Waals surface area contributed by atoms with Crippen LogP contribution in [0, 0.1) is 0 Å². The molecule has 0 saturated heterocycles. The molecule has 1 aromatic rings. The van der Waals surface area contributed by atoms with Crippen LogP contribution in [-0.4, -0.2) is 49.2 Å². The highest BCUT2D eigenvalue weighted by Gasteiger charge is 2.21. The number of hydrogen-bond acceptors (Lipinski definition) is 5. The zero-order valence-corrected chi connectivity index (χ0v) is 13.6. The molecule has 0 N–H and O–H groups in total. The van der Waals surface area contributed by atoms with E-state index in [2.05, 4.69) is 0 Å². The number of carbonyl (C=O) groups excluding carboxylic acids is 2. The van der Waals surface area contributed by atoms with E-state index in [9.17, 15) is 9.59 Å². The van der Waals surface area contributed by atoms with Gasteiger partial charge in [0.2, 0.25) is 0 Å². The monoisotopic (exact) mass is 333 g/mol. The normalized spacial score (nSPS) is 10.6. The van der Waals surface area contributed by atoms with Gasteiger partial charge in [-0.2, -0.15) is 0 Å². The maximum Gasteiger partial charge on any atom is 0.259 e. The van der Waals surface area contributed by atoms with E-state index in [1.54, 1.807) is 6.92 Å². The van der Waals surface area contributed by atoms with Crippen LogP contribution < -0.4 is 9.47 Å². The van der Waals surface area contributed by atoms with Gasteiger partial charge in [0, 0.05) is 12.1 Å². The highest BCUT2D eigenvalue weighted by Crippen LogP contribution is 2.33. The van der Waals surface area contributed by atoms with E-state index in [0.717, 1.165) is 0 Å². The standard InChI is InChI=1S/C14H17Cl2NO4/c1-4-20-10-7-9(13(15)18)8-11(12(10)14(16)19)21-6-5-17(2)3/h7-8H,4-6H2,1-3H3. The number of rotatable bonds is 8. The van der Waals surface area contributed by atoms with Crippen molar-refractivity contribution in [1.29, 1.82) is 0 Å². The fourth-order valence-corrected chi connectivity index (χ4v) is 1.91. The molecule has 0 fully saturated rings. The summed E-state index contributed by atoms with van der Waals surface area (Å²) < 4.78 is 10.9. The van der Waals surface area contributed by atoms with Gasteiger partial charge in [0.25, 0.3) is 10.5 Å². The van der Waals surface area contributed by atoms with Gasteiger partial charge in [-0.1, -0.05) is 0 Å². The van der Waals surface area contributed by atoms with Crippen LogP contribution in [0.15, 0.2) is 12.1 Å². The molecule has 0 aliphatic carbocycles. The number of carbonyl (C=O) groups is 2. The Bertz CT molecular complexity index is 532. The van der Waals surface area contributed by atoms with Crippen LogP contribution in [0.25, 0.3) is 0 Å². The Balaban J connectivity index is 3.21. The third-order valence-corrected chi connectivity index (χ3v) is 2.99. The van der Waals surface area contributed by atoms with E-state index >= 15 is 0 Å². The summed E-state index contributed by atoms with van der Waals surface area (Å²) in [6, 6.07) is 2.77. The Kier molecular flexibility index (Phi) is 6.95. The Morgan fingerprint density at radius 1 is 1.10 bits per heavy atom. The lowest BCUT2D eigenvalue weighted by Crippen LogP contribution is -2.20. The molecule has 1 rings (SSSR count). The van der Waals surface area contributed by atoms with Crippen molar-refractivity contribution in [1.82, 2.24) is 4.90 Å². The molecule has 0 spiro atoms. The van der Waals surface area contributed by atoms with Gasteiger partial charge in [-0.3, -0.25) is 9.59 Å². The predicted octanol–water partition coefficient (Wildman–Crippen LogP) is 2.78. The Hall–Kier alpha value is -1.30. The number of halogens is 2. The summed E-state index contributed by atoms with van der Waals surface area (Å²) in [6.07, 6.45) is 0. The van der Waals surface area contributed by atoms with Crippen LogP contribution >= 0.6 is 23.2 Å². The van der Waals surface area contributed by atoms with Gasteiger partial charge in [0.1, 0.15) is 23.7 Å². The van der Waals surface area contributed by atoms with Gasteiger partial charge in [-0.05, 0) is 56.4 Å². The topological polar surface area (TPSA) is 55.8 Å². The second-order valence-corrected chi connectivity index (χ2v) is 5.17. The average Bonchev–Trinajstić information content (AvgIpc) is 2.37. The molecule has 0 amide bonds. The molecular formula is C14H17Cl2NO4. The third-order valence-electron chi connectivity index (χ3n) is 2.59. The van der Waals surface area contributed by atoms with Crippen molar-refractivity contribution in [3.8, 4) is 11.5 Å². The first-order valence-corrected chi connectivity index (χ1v) is 7.10. The van der Waals surface area contributed by atoms with E-state index in [1.807, 2.05) is 19.0 Å². The van der Waals surface area contributed by atoms with E-state index < -0.39 is 10.5 Å². The van der Waals surface area contributed by atoms with Crippen molar-refractivity contribution in [2.45, 2.75) is 6.92 Å². The fraction of sp³-hybridized carbons (Fsp3) is 0.429. The van der Waals surface area contributed by atoms with Gasteiger partial charge in [0.05, 0.1) is 6.61 Å². The molecule has 1 aromatic carbocycles. The minimum absolute atomic E-state index is 0.0962. The number of likely N-dealkylation sites (N-methyl/N-ethyl adjacent to an activating group) is 1. The van der Waals surface area contributed by atoms with E-state index in [-0.39, 0.29) is 22.6 Å². The average molecular weight is 334 g/mol. The number of ether oxygens (including phenoxy) is 2. The molecule has 0 unspecified atom stereocenters. The molecule has 21 heavy (non-hydrogen) atoms. The highest BCUT2D eigenvalue weighted by atomic mass is 35.5. The van der Waals surface area contributed by atoms with Gasteiger partial charge in [-0.15, -0.1) is 0 Å². The zero-order chi connectivity index (χ0) is 16.0. The Morgan fingerprint density at radius 3 is 2.10 bits per heavy atom. The molecule has 0 aromatic heterocycles. The second-order valence-electron chi connectivity index (χ2n) is 4.48. The van der Waals surface area contributed by atoms with Crippen LogP contribution in [0.2, 0.25) is 0 Å². The summed E-state index contributed by atoms with van der Waals surface area (Å²) in [7, 11) is 3.78. The highest BCUT2D eigenvalue weighted by molar-refractivity contribution is 6.69. The molecule has 5 nitrogen and oxygen atoms in total. The summed E-state index contributed by atoms with van der Waals surface area (Å²) in [5, 5.41) is -1.38. The minimum Gasteiger partial charge on any atom is -0.493 e. The van der Waals surface area contributed by atoms with Crippen LogP contribution in [-0.2, 0) is 0 Å². The summed E-state index contributed by atoms with van der Waals surface area (Å²) >= 11 is 11.1. The quantitative estimate of drug-likeness (QED) is 0.684. The molecule has 0 heterocycles. The predicted molar refractivity (Wildman–Crippen MR) is 82.0 cm³/mol. The van der Waals surface area contributed by atoms with Crippen LogP contribution in [0.1, 0.15) is 27.6 Å². The SMILES string of the molecule is CCOc1cc(C(=O)Cl)cc(OCCN(C)C)c1C(=O)Cl. The molecular weight excluding hydrogens is 317 g/mol. The molecule has 0 radical (unpaired) electrons. The largest absolute Gasteiger partial charge is 0.493 e. The zero-order valence-electron chi connectivity index (χ0n) is 12.1. The van der Waals surface area contributed by atoms with E-state index in [1.165, 1.54) is 12.1 Å². The Labute approximate surface area is 133 Å². The molecule has 0 aliphatic heterocycles. The lowest BCUT2D eigenvalue weighted by atomic mass is 10.1. The number of nitrogens with zero attached hydrogens (tertiary/aromatic N) is 1. The van der Waals surface area contributed by atoms with Crippen LogP contribution in [0.5, 0.6) is 11.5 Å². The number of benzene rings is 1. The number of hydrogen-bond donors (Lipinski definition) is 0. The van der Waals surface area contributed by atoms with Crippen molar-refractivity contribution < 1.29 is 19.1 Å². The molecule has 0 bridgehead atoms. The fourth-order valence-electron chi connectivity index (χ4n) is 1.62. The van der Waals surface area contributed by atoms with Crippen molar-refractivity contribution in [3.05, 3.63) is 23.3 Å². The molecule has 7 heteroatoms. The van der Waals surface area contributed by atoms with Crippen molar-refractivity contribution in [2.75, 3.05) is 33.9 Å². The maximum atomic E-state index is 11.6. The minimum atomic E-state index is -0.716. The van der Waals surface area contributed by atoms with Gasteiger partial charge < -0.3 is 14.4 Å². The molecule has 116 valence electrons. The molecule has 0 atom stereocenters. The second kappa shape index (κ2) is 8.22. The summed E-state index contributed by atoms with van der Waals surface area (Å²) in [5.41, 5.74) is 0.278. The van der Waals surface area contributed by atoms with Crippen LogP contribution in [0.4, 0.5) is 0 Å². The van der Waals surface area contributed by atoms with Gasteiger partial charge >= 0.3 is 0 Å². The van der Waals surface area contributed by atoms with Crippen molar-refractivity contribution in [3.63, 3.8) is 0 Å². The lowest BCUT2D eigenvalue weighted by molar-refractivity contribution is 0.106. The van der Waals surface area contributed by atoms with Gasteiger partial charge in [0.15, 0.2) is 0 Å². The molecule has 0 aliphatic rings. The third kappa shape index (κ3) is 5.19. The first-order valence-electron chi connectivity index (χ1n) is 6.34.